The van der Waals surface area contributed by atoms with Gasteiger partial charge in [0.15, 0.2) is 0 Å². The van der Waals surface area contributed by atoms with E-state index in [0.29, 0.717) is 11.8 Å². The molecular formula is C12H20ClN3. The highest BCUT2D eigenvalue weighted by molar-refractivity contribution is 6.18. The normalized spacial score (nSPS) is 11.5. The van der Waals surface area contributed by atoms with Crippen molar-refractivity contribution in [2.45, 2.75) is 33.6 Å². The van der Waals surface area contributed by atoms with Crippen LogP contribution < -0.4 is 5.32 Å². The summed E-state index contributed by atoms with van der Waals surface area (Å²) in [5.41, 5.74) is 1.22. The molecule has 0 spiro atoms. The molecule has 0 saturated carbocycles. The van der Waals surface area contributed by atoms with Crippen LogP contribution in [0.2, 0.25) is 0 Å². The molecule has 1 aromatic heterocycles. The predicted octanol–water partition coefficient (Wildman–Crippen LogP) is 3.24. The van der Waals surface area contributed by atoms with Gasteiger partial charge < -0.3 is 5.32 Å². The molecule has 1 aromatic rings. The van der Waals surface area contributed by atoms with Gasteiger partial charge in [0.2, 0.25) is 5.95 Å². The Morgan fingerprint density at radius 1 is 1.25 bits per heavy atom. The van der Waals surface area contributed by atoms with Gasteiger partial charge in [-0.3, -0.25) is 0 Å². The third-order valence-corrected chi connectivity index (χ3v) is 3.75. The van der Waals surface area contributed by atoms with E-state index < -0.39 is 0 Å². The molecule has 90 valence electrons. The van der Waals surface area contributed by atoms with E-state index in [9.17, 15) is 0 Å². The van der Waals surface area contributed by atoms with Gasteiger partial charge in [0.05, 0.1) is 0 Å². The zero-order valence-corrected chi connectivity index (χ0v) is 11.0. The Balaban J connectivity index is 2.58. The average Bonchev–Trinajstić information content (AvgIpc) is 2.34. The van der Waals surface area contributed by atoms with E-state index >= 15 is 0 Å². The molecule has 1 rings (SSSR count). The molecule has 3 nitrogen and oxygen atoms in total. The van der Waals surface area contributed by atoms with E-state index in [2.05, 4.69) is 29.1 Å². The number of hydrogen-bond donors (Lipinski definition) is 1. The molecule has 0 amide bonds. The van der Waals surface area contributed by atoms with Crippen LogP contribution in [-0.4, -0.2) is 22.4 Å². The quantitative estimate of drug-likeness (QED) is 0.777. The van der Waals surface area contributed by atoms with Crippen LogP contribution in [0.25, 0.3) is 0 Å². The summed E-state index contributed by atoms with van der Waals surface area (Å²) in [6, 6.07) is 0. The van der Waals surface area contributed by atoms with Crippen molar-refractivity contribution in [3.05, 3.63) is 18.0 Å². The van der Waals surface area contributed by atoms with E-state index in [1.54, 1.807) is 0 Å². The van der Waals surface area contributed by atoms with Crippen molar-refractivity contribution in [3.63, 3.8) is 0 Å². The third-order valence-electron chi connectivity index (χ3n) is 3.19. The maximum absolute atomic E-state index is 6.04. The Morgan fingerprint density at radius 3 is 2.25 bits per heavy atom. The molecule has 0 fully saturated rings. The van der Waals surface area contributed by atoms with Crippen LogP contribution >= 0.6 is 11.6 Å². The van der Waals surface area contributed by atoms with Crippen LogP contribution in [0.15, 0.2) is 12.4 Å². The number of anilines is 1. The van der Waals surface area contributed by atoms with Crippen LogP contribution in [0.4, 0.5) is 5.95 Å². The van der Waals surface area contributed by atoms with Gasteiger partial charge in [0.1, 0.15) is 0 Å². The van der Waals surface area contributed by atoms with E-state index in [4.69, 9.17) is 11.6 Å². The van der Waals surface area contributed by atoms with Gasteiger partial charge in [0, 0.05) is 30.2 Å². The lowest BCUT2D eigenvalue weighted by molar-refractivity contribution is 0.326. The molecule has 1 N–H and O–H groups in total. The number of aromatic nitrogens is 2. The SMILES string of the molecule is CCC(CC)(CCl)CNc1ncc(C)cn1. The van der Waals surface area contributed by atoms with Gasteiger partial charge in [-0.25, -0.2) is 9.97 Å². The van der Waals surface area contributed by atoms with Gasteiger partial charge in [0.25, 0.3) is 0 Å². The van der Waals surface area contributed by atoms with Crippen molar-refractivity contribution in [3.8, 4) is 0 Å². The van der Waals surface area contributed by atoms with Crippen molar-refractivity contribution < 1.29 is 0 Å². The first-order valence-electron chi connectivity index (χ1n) is 5.74. The Bertz CT molecular complexity index is 298. The van der Waals surface area contributed by atoms with Crippen molar-refractivity contribution in [1.82, 2.24) is 9.97 Å². The highest BCUT2D eigenvalue weighted by Gasteiger charge is 2.24. The summed E-state index contributed by atoms with van der Waals surface area (Å²) in [5, 5.41) is 3.26. The van der Waals surface area contributed by atoms with Gasteiger partial charge in [-0.1, -0.05) is 13.8 Å². The zero-order valence-electron chi connectivity index (χ0n) is 10.3. The van der Waals surface area contributed by atoms with Crippen LogP contribution in [0.3, 0.4) is 0 Å². The van der Waals surface area contributed by atoms with Crippen molar-refractivity contribution in [1.29, 1.82) is 0 Å². The Kier molecular flexibility index (Phi) is 5.00. The molecule has 0 radical (unpaired) electrons. The summed E-state index contributed by atoms with van der Waals surface area (Å²) >= 11 is 6.04. The van der Waals surface area contributed by atoms with Crippen LogP contribution in [0, 0.1) is 12.3 Å². The number of nitrogens with zero attached hydrogens (tertiary/aromatic N) is 2. The lowest BCUT2D eigenvalue weighted by Gasteiger charge is -2.29. The fraction of sp³-hybridized carbons (Fsp3) is 0.667. The van der Waals surface area contributed by atoms with Crippen molar-refractivity contribution >= 4 is 17.5 Å². The predicted molar refractivity (Wildman–Crippen MR) is 69.0 cm³/mol. The van der Waals surface area contributed by atoms with E-state index in [-0.39, 0.29) is 5.41 Å². The number of hydrogen-bond acceptors (Lipinski definition) is 3. The summed E-state index contributed by atoms with van der Waals surface area (Å²) in [4.78, 5) is 8.44. The second-order valence-electron chi connectivity index (χ2n) is 4.28. The van der Waals surface area contributed by atoms with Gasteiger partial charge in [-0.05, 0) is 25.3 Å². The molecular weight excluding hydrogens is 222 g/mol. The topological polar surface area (TPSA) is 37.8 Å². The smallest absolute Gasteiger partial charge is 0.222 e. The molecule has 0 saturated heterocycles. The molecule has 0 aliphatic heterocycles. The van der Waals surface area contributed by atoms with Crippen LogP contribution in [0.5, 0.6) is 0 Å². The Hall–Kier alpha value is -0.830. The van der Waals surface area contributed by atoms with Crippen molar-refractivity contribution in [2.75, 3.05) is 17.7 Å². The highest BCUT2D eigenvalue weighted by Crippen LogP contribution is 2.27. The van der Waals surface area contributed by atoms with Gasteiger partial charge in [-0.2, -0.15) is 0 Å². The maximum Gasteiger partial charge on any atom is 0.222 e. The van der Waals surface area contributed by atoms with E-state index in [1.165, 1.54) is 0 Å². The lowest BCUT2D eigenvalue weighted by atomic mass is 9.84. The molecule has 0 unspecified atom stereocenters. The first-order chi connectivity index (χ1) is 7.65. The highest BCUT2D eigenvalue weighted by atomic mass is 35.5. The molecule has 0 aliphatic rings. The van der Waals surface area contributed by atoms with E-state index in [0.717, 1.165) is 24.9 Å². The largest absolute Gasteiger partial charge is 0.354 e. The second-order valence-corrected chi connectivity index (χ2v) is 4.55. The molecule has 0 aliphatic carbocycles. The monoisotopic (exact) mass is 241 g/mol. The fourth-order valence-corrected chi connectivity index (χ4v) is 1.96. The molecule has 4 heteroatoms. The second kappa shape index (κ2) is 6.04. The molecule has 0 atom stereocenters. The minimum absolute atomic E-state index is 0.149. The minimum Gasteiger partial charge on any atom is -0.354 e. The van der Waals surface area contributed by atoms with Crippen molar-refractivity contribution in [2.24, 2.45) is 5.41 Å². The number of rotatable bonds is 6. The summed E-state index contributed by atoms with van der Waals surface area (Å²) in [6.45, 7) is 7.14. The molecule has 0 bridgehead atoms. The zero-order chi connectivity index (χ0) is 12.0. The molecule has 16 heavy (non-hydrogen) atoms. The fourth-order valence-electron chi connectivity index (χ4n) is 1.49. The first kappa shape index (κ1) is 13.2. The van der Waals surface area contributed by atoms with Gasteiger partial charge in [-0.15, -0.1) is 11.6 Å². The standard InChI is InChI=1S/C12H20ClN3/c1-4-12(5-2,8-13)9-16-11-14-6-10(3)7-15-11/h6-7H,4-5,8-9H2,1-3H3,(H,14,15,16). The maximum atomic E-state index is 6.04. The first-order valence-corrected chi connectivity index (χ1v) is 6.27. The Morgan fingerprint density at radius 2 is 1.81 bits per heavy atom. The molecule has 0 aromatic carbocycles. The minimum atomic E-state index is 0.149. The molecule has 1 heterocycles. The Labute approximate surface area is 103 Å². The van der Waals surface area contributed by atoms with Gasteiger partial charge >= 0.3 is 0 Å². The number of aryl methyl sites for hydroxylation is 1. The summed E-state index contributed by atoms with van der Waals surface area (Å²) in [5.74, 6) is 1.35. The van der Waals surface area contributed by atoms with E-state index in [1.807, 2.05) is 19.3 Å². The average molecular weight is 242 g/mol. The summed E-state index contributed by atoms with van der Waals surface area (Å²) in [6.07, 6.45) is 5.75. The van der Waals surface area contributed by atoms with Crippen LogP contribution in [-0.2, 0) is 0 Å². The number of nitrogens with one attached hydrogen (secondary N) is 1. The third kappa shape index (κ3) is 3.34. The lowest BCUT2D eigenvalue weighted by Crippen LogP contribution is -2.30. The number of alkyl halides is 1. The summed E-state index contributed by atoms with van der Waals surface area (Å²) < 4.78 is 0. The summed E-state index contributed by atoms with van der Waals surface area (Å²) in [7, 11) is 0. The number of halogens is 1. The van der Waals surface area contributed by atoms with Crippen LogP contribution in [0.1, 0.15) is 32.3 Å².